The van der Waals surface area contributed by atoms with E-state index in [1.54, 1.807) is 42.5 Å². The van der Waals surface area contributed by atoms with Crippen molar-refractivity contribution in [2.24, 2.45) is 14.1 Å². The molecule has 0 aliphatic rings. The van der Waals surface area contributed by atoms with E-state index >= 15 is 0 Å². The molecule has 0 fully saturated rings. The van der Waals surface area contributed by atoms with Crippen molar-refractivity contribution in [3.63, 3.8) is 0 Å². The molecule has 0 saturated carbocycles. The van der Waals surface area contributed by atoms with Crippen LogP contribution in [-0.2, 0) is 24.1 Å². The van der Waals surface area contributed by atoms with E-state index in [-0.39, 0.29) is 16.3 Å². The Balaban J connectivity index is 1.94. The van der Waals surface area contributed by atoms with Gasteiger partial charge in [0.1, 0.15) is 5.75 Å². The summed E-state index contributed by atoms with van der Waals surface area (Å²) in [6.07, 6.45) is 0. The van der Waals surface area contributed by atoms with Crippen molar-refractivity contribution in [2.75, 3.05) is 4.72 Å². The van der Waals surface area contributed by atoms with Crippen LogP contribution in [0.4, 0.5) is 5.69 Å². The van der Waals surface area contributed by atoms with Gasteiger partial charge in [-0.15, -0.1) is 0 Å². The molecule has 33 heavy (non-hydrogen) atoms. The molecular formula is C24H23N3O5S. The number of benzene rings is 3. The molecule has 0 bridgehead atoms. The van der Waals surface area contributed by atoms with Crippen LogP contribution in [0.3, 0.4) is 0 Å². The summed E-state index contributed by atoms with van der Waals surface area (Å²) in [6.45, 7) is 3.64. The number of hydrogen-bond acceptors (Lipinski definition) is 5. The van der Waals surface area contributed by atoms with Crippen LogP contribution in [0.5, 0.6) is 11.5 Å². The van der Waals surface area contributed by atoms with E-state index in [4.69, 9.17) is 4.74 Å². The Kier molecular flexibility index (Phi) is 5.59. The zero-order valence-corrected chi connectivity index (χ0v) is 19.4. The molecule has 0 aliphatic carbocycles. The molecule has 4 rings (SSSR count). The number of ether oxygens (including phenoxy) is 1. The predicted octanol–water partition coefficient (Wildman–Crippen LogP) is 3.45. The lowest BCUT2D eigenvalue weighted by atomic mass is 10.2. The Morgan fingerprint density at radius 2 is 1.33 bits per heavy atom. The van der Waals surface area contributed by atoms with E-state index < -0.39 is 21.1 Å². The number of sulfonamides is 1. The maximum atomic E-state index is 13.2. The van der Waals surface area contributed by atoms with Crippen LogP contribution in [0.2, 0.25) is 0 Å². The highest BCUT2D eigenvalue weighted by atomic mass is 32.2. The Morgan fingerprint density at radius 3 is 1.91 bits per heavy atom. The number of para-hydroxylation sites is 1. The standard InChI is InChI=1S/C24H23N3O5S/c1-15-10-16(2)12-18(11-15)33(30,31)25-19-13-20-21(27(4)24(29)23(28)26(20)3)14-22(19)32-17-8-6-5-7-9-17/h5-14,25H,1-4H3. The fraction of sp³-hybridized carbons (Fsp3) is 0.167. The molecule has 0 amide bonds. The maximum absolute atomic E-state index is 13.2. The number of hydrogen-bond donors (Lipinski definition) is 1. The number of aromatic nitrogens is 2. The molecule has 1 N–H and O–H groups in total. The van der Waals surface area contributed by atoms with Crippen molar-refractivity contribution in [2.45, 2.75) is 18.7 Å². The van der Waals surface area contributed by atoms with Gasteiger partial charge in [-0.05, 0) is 55.3 Å². The van der Waals surface area contributed by atoms with E-state index in [0.29, 0.717) is 16.8 Å². The lowest BCUT2D eigenvalue weighted by Gasteiger charge is -2.17. The number of fused-ring (bicyclic) bond motifs is 1. The zero-order valence-electron chi connectivity index (χ0n) is 18.6. The van der Waals surface area contributed by atoms with Crippen molar-refractivity contribution in [3.05, 3.63) is 92.5 Å². The van der Waals surface area contributed by atoms with Gasteiger partial charge in [0.25, 0.3) is 10.0 Å². The summed E-state index contributed by atoms with van der Waals surface area (Å²) < 4.78 is 37.4. The van der Waals surface area contributed by atoms with Gasteiger partial charge in [0.15, 0.2) is 5.75 Å². The van der Waals surface area contributed by atoms with E-state index in [0.717, 1.165) is 11.1 Å². The summed E-state index contributed by atoms with van der Waals surface area (Å²) in [6, 6.07) is 16.9. The second-order valence-corrected chi connectivity index (χ2v) is 9.59. The van der Waals surface area contributed by atoms with E-state index in [9.17, 15) is 18.0 Å². The molecular weight excluding hydrogens is 442 g/mol. The average molecular weight is 466 g/mol. The molecule has 0 saturated heterocycles. The first kappa shape index (κ1) is 22.3. The van der Waals surface area contributed by atoms with Crippen molar-refractivity contribution in [1.29, 1.82) is 0 Å². The second kappa shape index (κ2) is 8.25. The minimum Gasteiger partial charge on any atom is -0.455 e. The topological polar surface area (TPSA) is 99.4 Å². The fourth-order valence-corrected chi connectivity index (χ4v) is 4.92. The minimum atomic E-state index is -3.97. The van der Waals surface area contributed by atoms with Gasteiger partial charge in [-0.2, -0.15) is 0 Å². The summed E-state index contributed by atoms with van der Waals surface area (Å²) in [5.41, 5.74) is 1.14. The largest absolute Gasteiger partial charge is 0.455 e. The van der Waals surface area contributed by atoms with Gasteiger partial charge >= 0.3 is 11.1 Å². The van der Waals surface area contributed by atoms with Crippen molar-refractivity contribution < 1.29 is 13.2 Å². The van der Waals surface area contributed by atoms with Crippen LogP contribution in [0, 0.1) is 13.8 Å². The third-order valence-electron chi connectivity index (χ3n) is 5.31. The van der Waals surface area contributed by atoms with Gasteiger partial charge in [-0.3, -0.25) is 14.3 Å². The summed E-state index contributed by atoms with van der Waals surface area (Å²) in [4.78, 5) is 24.8. The van der Waals surface area contributed by atoms with E-state index in [2.05, 4.69) is 4.72 Å². The van der Waals surface area contributed by atoms with Gasteiger partial charge in [-0.25, -0.2) is 8.42 Å². The molecule has 170 valence electrons. The van der Waals surface area contributed by atoms with Crippen LogP contribution < -0.4 is 20.6 Å². The Labute approximate surface area is 190 Å². The molecule has 4 aromatic rings. The SMILES string of the molecule is Cc1cc(C)cc(S(=O)(=O)Nc2cc3c(cc2Oc2ccccc2)n(C)c(=O)c(=O)n3C)c1. The summed E-state index contributed by atoms with van der Waals surface area (Å²) in [5, 5.41) is 0. The molecule has 1 heterocycles. The molecule has 0 unspecified atom stereocenters. The van der Waals surface area contributed by atoms with E-state index in [1.807, 2.05) is 26.0 Å². The van der Waals surface area contributed by atoms with Crippen molar-refractivity contribution in [3.8, 4) is 11.5 Å². The fourth-order valence-electron chi connectivity index (χ4n) is 3.67. The highest BCUT2D eigenvalue weighted by molar-refractivity contribution is 7.92. The normalized spacial score (nSPS) is 11.5. The third-order valence-corrected chi connectivity index (χ3v) is 6.66. The van der Waals surface area contributed by atoms with Gasteiger partial charge < -0.3 is 13.9 Å². The van der Waals surface area contributed by atoms with Crippen LogP contribution in [0.15, 0.2) is 75.1 Å². The quantitative estimate of drug-likeness (QED) is 0.455. The number of nitrogens with one attached hydrogen (secondary N) is 1. The summed E-state index contributed by atoms with van der Waals surface area (Å²) in [5.74, 6) is 0.675. The van der Waals surface area contributed by atoms with Crippen LogP contribution in [-0.4, -0.2) is 17.6 Å². The highest BCUT2D eigenvalue weighted by Gasteiger charge is 2.20. The first-order valence-corrected chi connectivity index (χ1v) is 11.6. The summed E-state index contributed by atoms with van der Waals surface area (Å²) in [7, 11) is -1.02. The molecule has 0 spiro atoms. The lowest BCUT2D eigenvalue weighted by molar-refractivity contribution is 0.485. The Morgan fingerprint density at radius 1 is 0.788 bits per heavy atom. The highest BCUT2D eigenvalue weighted by Crippen LogP contribution is 2.34. The predicted molar refractivity (Wildman–Crippen MR) is 128 cm³/mol. The first-order valence-electron chi connectivity index (χ1n) is 10.1. The Bertz CT molecular complexity index is 1580. The molecule has 1 aromatic heterocycles. The van der Waals surface area contributed by atoms with Gasteiger partial charge in [0.2, 0.25) is 0 Å². The smallest absolute Gasteiger partial charge is 0.316 e. The maximum Gasteiger partial charge on any atom is 0.316 e. The monoisotopic (exact) mass is 465 g/mol. The van der Waals surface area contributed by atoms with Crippen molar-refractivity contribution >= 4 is 26.7 Å². The second-order valence-electron chi connectivity index (χ2n) is 7.91. The number of anilines is 1. The molecule has 0 aliphatic heterocycles. The molecule has 0 atom stereocenters. The molecule has 3 aromatic carbocycles. The van der Waals surface area contributed by atoms with Gasteiger partial charge in [0, 0.05) is 20.2 Å². The third kappa shape index (κ3) is 4.27. The first-order chi connectivity index (χ1) is 15.6. The van der Waals surface area contributed by atoms with Gasteiger partial charge in [-0.1, -0.05) is 24.3 Å². The van der Waals surface area contributed by atoms with Crippen LogP contribution in [0.1, 0.15) is 11.1 Å². The molecule has 9 heteroatoms. The van der Waals surface area contributed by atoms with Crippen LogP contribution in [0.25, 0.3) is 11.0 Å². The lowest BCUT2D eigenvalue weighted by Crippen LogP contribution is -2.39. The number of rotatable bonds is 5. The number of aryl methyl sites for hydroxylation is 4. The average Bonchev–Trinajstić information content (AvgIpc) is 2.77. The van der Waals surface area contributed by atoms with E-state index in [1.165, 1.54) is 29.3 Å². The molecule has 8 nitrogen and oxygen atoms in total. The zero-order chi connectivity index (χ0) is 23.9. The van der Waals surface area contributed by atoms with Crippen LogP contribution >= 0.6 is 0 Å². The molecule has 0 radical (unpaired) electrons. The minimum absolute atomic E-state index is 0.111. The number of nitrogens with zero attached hydrogens (tertiary/aromatic N) is 2. The Hall–Kier alpha value is -3.85. The van der Waals surface area contributed by atoms with Gasteiger partial charge in [0.05, 0.1) is 21.6 Å². The van der Waals surface area contributed by atoms with Crippen molar-refractivity contribution in [1.82, 2.24) is 9.13 Å². The summed E-state index contributed by atoms with van der Waals surface area (Å²) >= 11 is 0.